The van der Waals surface area contributed by atoms with E-state index in [9.17, 15) is 8.42 Å². The van der Waals surface area contributed by atoms with Crippen LogP contribution >= 0.6 is 0 Å². The second kappa shape index (κ2) is 6.80. The van der Waals surface area contributed by atoms with Gasteiger partial charge in [-0.05, 0) is 24.5 Å². The van der Waals surface area contributed by atoms with Crippen molar-refractivity contribution in [3.63, 3.8) is 0 Å². The molecule has 0 bridgehead atoms. The molecule has 0 aliphatic rings. The van der Waals surface area contributed by atoms with E-state index < -0.39 is 9.84 Å². The topological polar surface area (TPSA) is 34.1 Å². The first kappa shape index (κ1) is 14.2. The quantitative estimate of drug-likeness (QED) is 0.697. The number of hydrogen-bond acceptors (Lipinski definition) is 2. The zero-order valence-electron chi connectivity index (χ0n) is 10.8. The van der Waals surface area contributed by atoms with E-state index >= 15 is 0 Å². The number of rotatable bonds is 7. The van der Waals surface area contributed by atoms with Crippen molar-refractivity contribution in [1.29, 1.82) is 0 Å². The van der Waals surface area contributed by atoms with Crippen LogP contribution in [0.25, 0.3) is 0 Å². The molecule has 1 rings (SSSR count). The summed E-state index contributed by atoms with van der Waals surface area (Å²) in [5.74, 6) is 0.180. The lowest BCUT2D eigenvalue weighted by atomic mass is 10.1. The van der Waals surface area contributed by atoms with Gasteiger partial charge < -0.3 is 0 Å². The van der Waals surface area contributed by atoms with Crippen molar-refractivity contribution < 1.29 is 8.42 Å². The average Bonchev–Trinajstić information content (AvgIpc) is 2.35. The zero-order valence-corrected chi connectivity index (χ0v) is 11.6. The predicted octanol–water partition coefficient (Wildman–Crippen LogP) is 3.60. The van der Waals surface area contributed by atoms with Gasteiger partial charge in [0, 0.05) is 0 Å². The number of benzene rings is 1. The van der Waals surface area contributed by atoms with Crippen LogP contribution in [0.3, 0.4) is 0 Å². The van der Waals surface area contributed by atoms with E-state index in [4.69, 9.17) is 0 Å². The van der Waals surface area contributed by atoms with Crippen LogP contribution in [0, 0.1) is 0 Å². The summed E-state index contributed by atoms with van der Waals surface area (Å²) in [5, 5.41) is 0. The van der Waals surface area contributed by atoms with Crippen molar-refractivity contribution in [1.82, 2.24) is 0 Å². The molecule has 0 heterocycles. The van der Waals surface area contributed by atoms with E-state index in [-0.39, 0.29) is 5.75 Å². The SMILES string of the molecule is CCCCCCc1ccccc1S(=O)(=O)CC. The average molecular weight is 254 g/mol. The molecule has 2 nitrogen and oxygen atoms in total. The van der Waals surface area contributed by atoms with Crippen LogP contribution in [0.15, 0.2) is 29.2 Å². The molecule has 0 saturated heterocycles. The third-order valence-corrected chi connectivity index (χ3v) is 4.82. The molecule has 0 amide bonds. The number of sulfone groups is 1. The summed E-state index contributed by atoms with van der Waals surface area (Å²) in [6, 6.07) is 7.39. The maximum absolute atomic E-state index is 11.9. The monoisotopic (exact) mass is 254 g/mol. The zero-order chi connectivity index (χ0) is 12.7. The van der Waals surface area contributed by atoms with Gasteiger partial charge in [0.2, 0.25) is 0 Å². The van der Waals surface area contributed by atoms with Crippen molar-refractivity contribution in [2.45, 2.75) is 50.8 Å². The highest BCUT2D eigenvalue weighted by molar-refractivity contribution is 7.91. The minimum Gasteiger partial charge on any atom is -0.224 e. The van der Waals surface area contributed by atoms with Gasteiger partial charge >= 0.3 is 0 Å². The van der Waals surface area contributed by atoms with Crippen LogP contribution in [-0.4, -0.2) is 14.2 Å². The lowest BCUT2D eigenvalue weighted by molar-refractivity contribution is 0.594. The molecule has 0 saturated carbocycles. The Balaban J connectivity index is 2.79. The fourth-order valence-electron chi connectivity index (χ4n) is 1.91. The standard InChI is InChI=1S/C14H22O2S/c1-3-5-6-7-10-13-11-8-9-12-14(13)17(15,16)4-2/h8-9,11-12H,3-7,10H2,1-2H3. The number of hydrogen-bond donors (Lipinski definition) is 0. The normalized spacial score (nSPS) is 11.6. The summed E-state index contributed by atoms with van der Waals surface area (Å²) in [6.07, 6.45) is 5.55. The van der Waals surface area contributed by atoms with E-state index in [0.717, 1.165) is 18.4 Å². The molecule has 96 valence electrons. The Bertz CT molecular complexity index is 435. The van der Waals surface area contributed by atoms with E-state index in [1.165, 1.54) is 19.3 Å². The maximum Gasteiger partial charge on any atom is 0.178 e. The van der Waals surface area contributed by atoms with Gasteiger partial charge in [0.15, 0.2) is 9.84 Å². The highest BCUT2D eigenvalue weighted by Crippen LogP contribution is 2.19. The molecule has 17 heavy (non-hydrogen) atoms. The second-order valence-electron chi connectivity index (χ2n) is 4.32. The van der Waals surface area contributed by atoms with E-state index in [1.54, 1.807) is 19.1 Å². The third kappa shape index (κ3) is 4.15. The molecule has 1 aromatic carbocycles. The van der Waals surface area contributed by atoms with Gasteiger partial charge in [-0.1, -0.05) is 51.3 Å². The fraction of sp³-hybridized carbons (Fsp3) is 0.571. The number of unbranched alkanes of at least 4 members (excludes halogenated alkanes) is 3. The summed E-state index contributed by atoms with van der Waals surface area (Å²) in [4.78, 5) is 0.527. The molecule has 0 aliphatic heterocycles. The van der Waals surface area contributed by atoms with Crippen molar-refractivity contribution >= 4 is 9.84 Å². The van der Waals surface area contributed by atoms with Gasteiger partial charge in [0.05, 0.1) is 10.6 Å². The number of aryl methyl sites for hydroxylation is 1. The minimum atomic E-state index is -3.07. The van der Waals surface area contributed by atoms with Crippen LogP contribution in [-0.2, 0) is 16.3 Å². The summed E-state index contributed by atoms with van der Waals surface area (Å²) in [5.41, 5.74) is 0.977. The fourth-order valence-corrected chi connectivity index (χ4v) is 3.08. The molecule has 0 aliphatic carbocycles. The molecule has 0 N–H and O–H groups in total. The molecule has 0 unspecified atom stereocenters. The first-order valence-electron chi connectivity index (χ1n) is 6.42. The van der Waals surface area contributed by atoms with E-state index in [2.05, 4.69) is 6.92 Å². The van der Waals surface area contributed by atoms with Crippen molar-refractivity contribution in [3.05, 3.63) is 29.8 Å². The Kier molecular flexibility index (Phi) is 5.69. The Morgan fingerprint density at radius 3 is 2.35 bits per heavy atom. The molecule has 0 fully saturated rings. The van der Waals surface area contributed by atoms with Crippen LogP contribution in [0.5, 0.6) is 0 Å². The smallest absolute Gasteiger partial charge is 0.178 e. The Morgan fingerprint density at radius 1 is 1.00 bits per heavy atom. The second-order valence-corrected chi connectivity index (χ2v) is 6.57. The first-order valence-corrected chi connectivity index (χ1v) is 8.07. The highest BCUT2D eigenvalue weighted by atomic mass is 32.2. The summed E-state index contributed by atoms with van der Waals surface area (Å²) in [7, 11) is -3.07. The van der Waals surface area contributed by atoms with Gasteiger partial charge in [-0.25, -0.2) is 8.42 Å². The Hall–Kier alpha value is -0.830. The summed E-state index contributed by atoms with van der Waals surface area (Å²) >= 11 is 0. The maximum atomic E-state index is 11.9. The van der Waals surface area contributed by atoms with Crippen molar-refractivity contribution in [3.8, 4) is 0 Å². The lowest BCUT2D eigenvalue weighted by Gasteiger charge is -2.08. The van der Waals surface area contributed by atoms with Crippen LogP contribution < -0.4 is 0 Å². The van der Waals surface area contributed by atoms with Gasteiger partial charge in [0.25, 0.3) is 0 Å². The molecule has 0 spiro atoms. The molecular formula is C14H22O2S. The molecular weight excluding hydrogens is 232 g/mol. The summed E-state index contributed by atoms with van der Waals surface area (Å²) < 4.78 is 23.8. The predicted molar refractivity (Wildman–Crippen MR) is 72.0 cm³/mol. The Labute approximate surface area is 105 Å². The van der Waals surface area contributed by atoms with Crippen LogP contribution in [0.2, 0.25) is 0 Å². The molecule has 0 atom stereocenters. The third-order valence-electron chi connectivity index (χ3n) is 2.99. The van der Waals surface area contributed by atoms with Crippen LogP contribution in [0.4, 0.5) is 0 Å². The van der Waals surface area contributed by atoms with Gasteiger partial charge in [-0.2, -0.15) is 0 Å². The van der Waals surface area contributed by atoms with E-state index in [1.807, 2.05) is 12.1 Å². The molecule has 0 aromatic heterocycles. The highest BCUT2D eigenvalue weighted by Gasteiger charge is 2.15. The molecule has 1 aromatic rings. The molecule has 0 radical (unpaired) electrons. The van der Waals surface area contributed by atoms with Gasteiger partial charge in [-0.15, -0.1) is 0 Å². The van der Waals surface area contributed by atoms with Crippen molar-refractivity contribution in [2.75, 3.05) is 5.75 Å². The minimum absolute atomic E-state index is 0.180. The molecule has 3 heteroatoms. The summed E-state index contributed by atoms with van der Waals surface area (Å²) in [6.45, 7) is 3.87. The largest absolute Gasteiger partial charge is 0.224 e. The van der Waals surface area contributed by atoms with Crippen molar-refractivity contribution in [2.24, 2.45) is 0 Å². The van der Waals surface area contributed by atoms with Gasteiger partial charge in [-0.3, -0.25) is 0 Å². The van der Waals surface area contributed by atoms with Gasteiger partial charge in [0.1, 0.15) is 0 Å². The Morgan fingerprint density at radius 2 is 1.71 bits per heavy atom. The van der Waals surface area contributed by atoms with E-state index in [0.29, 0.717) is 4.90 Å². The lowest BCUT2D eigenvalue weighted by Crippen LogP contribution is -2.07. The first-order chi connectivity index (χ1) is 8.11. The van der Waals surface area contributed by atoms with Crippen LogP contribution in [0.1, 0.15) is 45.1 Å².